The minimum atomic E-state index is -0.582. The summed E-state index contributed by atoms with van der Waals surface area (Å²) in [6.07, 6.45) is 2.50. The zero-order valence-corrected chi connectivity index (χ0v) is 14.3. The van der Waals surface area contributed by atoms with Crippen LogP contribution in [0, 0.1) is 5.82 Å². The molecule has 134 valence electrons. The molecule has 2 N–H and O–H groups in total. The summed E-state index contributed by atoms with van der Waals surface area (Å²) in [5, 5.41) is 5.74. The Balaban J connectivity index is 1.50. The second-order valence-corrected chi connectivity index (χ2v) is 6.83. The predicted molar refractivity (Wildman–Crippen MR) is 97.7 cm³/mol. The fraction of sp³-hybridized carbons (Fsp3) is 0.300. The molecular formula is C20H20FN3O2. The Morgan fingerprint density at radius 1 is 1.08 bits per heavy atom. The molecule has 4 rings (SSSR count). The number of anilines is 2. The van der Waals surface area contributed by atoms with Crippen molar-refractivity contribution in [2.24, 2.45) is 0 Å². The van der Waals surface area contributed by atoms with Crippen molar-refractivity contribution in [3.8, 4) is 0 Å². The minimum absolute atomic E-state index is 0.0676. The lowest BCUT2D eigenvalue weighted by atomic mass is 9.64. The van der Waals surface area contributed by atoms with Crippen molar-refractivity contribution in [3.05, 3.63) is 59.9 Å². The lowest BCUT2D eigenvalue weighted by molar-refractivity contribution is -0.124. The van der Waals surface area contributed by atoms with Crippen LogP contribution in [-0.4, -0.2) is 25.0 Å². The summed E-state index contributed by atoms with van der Waals surface area (Å²) in [7, 11) is 0. The fourth-order valence-corrected chi connectivity index (χ4v) is 3.64. The van der Waals surface area contributed by atoms with Crippen LogP contribution >= 0.6 is 0 Å². The molecule has 26 heavy (non-hydrogen) atoms. The van der Waals surface area contributed by atoms with E-state index in [1.54, 1.807) is 29.2 Å². The first-order valence-electron chi connectivity index (χ1n) is 8.81. The Labute approximate surface area is 151 Å². The Bertz CT molecular complexity index is 829. The maximum atomic E-state index is 13.2. The Hall–Kier alpha value is -2.89. The van der Waals surface area contributed by atoms with E-state index in [1.165, 1.54) is 12.1 Å². The van der Waals surface area contributed by atoms with Crippen LogP contribution in [0.1, 0.15) is 24.8 Å². The molecule has 0 unspecified atom stereocenters. The van der Waals surface area contributed by atoms with Gasteiger partial charge in [0.15, 0.2) is 0 Å². The molecule has 1 saturated carbocycles. The number of carbonyl (C=O) groups is 2. The molecule has 0 spiro atoms. The number of nitrogens with one attached hydrogen (secondary N) is 2. The molecule has 0 aromatic heterocycles. The van der Waals surface area contributed by atoms with E-state index in [1.807, 2.05) is 12.1 Å². The summed E-state index contributed by atoms with van der Waals surface area (Å²) in [5.41, 5.74) is 1.76. The van der Waals surface area contributed by atoms with E-state index >= 15 is 0 Å². The third kappa shape index (κ3) is 2.81. The highest BCUT2D eigenvalue weighted by Gasteiger charge is 2.45. The Morgan fingerprint density at radius 2 is 1.77 bits per heavy atom. The standard InChI is InChI=1S/C20H20FN3O2/c21-15-4-2-14(3-5-15)20(10-1-11-20)18(25)23-16-6-8-17(9-7-16)24-13-12-22-19(24)26/h2-9H,1,10-13H2,(H,22,26)(H,23,25). The van der Waals surface area contributed by atoms with Crippen LogP contribution in [0.3, 0.4) is 0 Å². The second kappa shape index (κ2) is 6.44. The average Bonchev–Trinajstić information content (AvgIpc) is 3.02. The van der Waals surface area contributed by atoms with E-state index in [-0.39, 0.29) is 17.8 Å². The molecule has 0 radical (unpaired) electrons. The summed E-state index contributed by atoms with van der Waals surface area (Å²) < 4.78 is 13.2. The van der Waals surface area contributed by atoms with Crippen molar-refractivity contribution >= 4 is 23.3 Å². The molecular weight excluding hydrogens is 333 g/mol. The Kier molecular flexibility index (Phi) is 4.11. The lowest BCUT2D eigenvalue weighted by Gasteiger charge is -2.40. The fourth-order valence-electron chi connectivity index (χ4n) is 3.64. The SMILES string of the molecule is O=C1NCCN1c1ccc(NC(=O)C2(c3ccc(F)cc3)CCC2)cc1. The first-order valence-corrected chi connectivity index (χ1v) is 8.81. The Morgan fingerprint density at radius 3 is 2.31 bits per heavy atom. The summed E-state index contributed by atoms with van der Waals surface area (Å²) >= 11 is 0. The number of carbonyl (C=O) groups excluding carboxylic acids is 2. The quantitative estimate of drug-likeness (QED) is 0.885. The highest BCUT2D eigenvalue weighted by atomic mass is 19.1. The molecule has 1 saturated heterocycles. The number of rotatable bonds is 4. The number of hydrogen-bond acceptors (Lipinski definition) is 2. The molecule has 1 aliphatic heterocycles. The van der Waals surface area contributed by atoms with Crippen LogP contribution in [0.5, 0.6) is 0 Å². The zero-order valence-electron chi connectivity index (χ0n) is 14.3. The summed E-state index contributed by atoms with van der Waals surface area (Å²) in [5.74, 6) is -0.368. The van der Waals surface area contributed by atoms with Crippen molar-refractivity contribution < 1.29 is 14.0 Å². The molecule has 1 heterocycles. The number of hydrogen-bond donors (Lipinski definition) is 2. The molecule has 0 atom stereocenters. The largest absolute Gasteiger partial charge is 0.336 e. The monoisotopic (exact) mass is 353 g/mol. The third-order valence-corrected chi connectivity index (χ3v) is 5.33. The highest BCUT2D eigenvalue weighted by Crippen LogP contribution is 2.44. The molecule has 5 nitrogen and oxygen atoms in total. The van der Waals surface area contributed by atoms with Gasteiger partial charge < -0.3 is 10.6 Å². The molecule has 0 bridgehead atoms. The van der Waals surface area contributed by atoms with Crippen molar-refractivity contribution in [2.45, 2.75) is 24.7 Å². The van der Waals surface area contributed by atoms with Gasteiger partial charge in [0.05, 0.1) is 5.41 Å². The van der Waals surface area contributed by atoms with Gasteiger partial charge in [0.1, 0.15) is 5.82 Å². The molecule has 2 aromatic carbocycles. The van der Waals surface area contributed by atoms with Gasteiger partial charge in [0.2, 0.25) is 5.91 Å². The van der Waals surface area contributed by atoms with Crippen molar-refractivity contribution in [1.82, 2.24) is 5.32 Å². The van der Waals surface area contributed by atoms with Gasteiger partial charge in [0, 0.05) is 24.5 Å². The van der Waals surface area contributed by atoms with E-state index < -0.39 is 5.41 Å². The topological polar surface area (TPSA) is 61.4 Å². The van der Waals surface area contributed by atoms with Gasteiger partial charge in [-0.25, -0.2) is 9.18 Å². The summed E-state index contributed by atoms with van der Waals surface area (Å²) in [6.45, 7) is 1.27. The molecule has 2 fully saturated rings. The van der Waals surface area contributed by atoms with Gasteiger partial charge in [-0.05, 0) is 54.8 Å². The predicted octanol–water partition coefficient (Wildman–Crippen LogP) is 3.42. The average molecular weight is 353 g/mol. The van der Waals surface area contributed by atoms with Crippen molar-refractivity contribution in [1.29, 1.82) is 0 Å². The molecule has 2 aromatic rings. The van der Waals surface area contributed by atoms with Crippen molar-refractivity contribution in [3.63, 3.8) is 0 Å². The number of urea groups is 1. The van der Waals surface area contributed by atoms with E-state index in [0.29, 0.717) is 18.8 Å². The number of halogens is 1. The van der Waals surface area contributed by atoms with Gasteiger partial charge in [-0.1, -0.05) is 18.6 Å². The smallest absolute Gasteiger partial charge is 0.321 e. The molecule has 1 aliphatic carbocycles. The normalized spacial score (nSPS) is 18.2. The first kappa shape index (κ1) is 16.6. The van der Waals surface area contributed by atoms with Crippen LogP contribution in [-0.2, 0) is 10.2 Å². The second-order valence-electron chi connectivity index (χ2n) is 6.83. The van der Waals surface area contributed by atoms with Crippen molar-refractivity contribution in [2.75, 3.05) is 23.3 Å². The molecule has 3 amide bonds. The highest BCUT2D eigenvalue weighted by molar-refractivity contribution is 6.00. The van der Waals surface area contributed by atoms with Gasteiger partial charge in [-0.15, -0.1) is 0 Å². The van der Waals surface area contributed by atoms with Crippen LogP contribution < -0.4 is 15.5 Å². The summed E-state index contributed by atoms with van der Waals surface area (Å²) in [6, 6.07) is 13.3. The third-order valence-electron chi connectivity index (χ3n) is 5.33. The maximum absolute atomic E-state index is 13.2. The van der Waals surface area contributed by atoms with Gasteiger partial charge in [0.25, 0.3) is 0 Å². The van der Waals surface area contributed by atoms with E-state index in [0.717, 1.165) is 30.5 Å². The van der Waals surface area contributed by atoms with Gasteiger partial charge in [-0.3, -0.25) is 9.69 Å². The van der Waals surface area contributed by atoms with Crippen LogP contribution in [0.15, 0.2) is 48.5 Å². The van der Waals surface area contributed by atoms with Gasteiger partial charge >= 0.3 is 6.03 Å². The van der Waals surface area contributed by atoms with E-state index in [4.69, 9.17) is 0 Å². The van der Waals surface area contributed by atoms with Gasteiger partial charge in [-0.2, -0.15) is 0 Å². The molecule has 6 heteroatoms. The number of amides is 3. The van der Waals surface area contributed by atoms with Crippen LogP contribution in [0.4, 0.5) is 20.6 Å². The van der Waals surface area contributed by atoms with Crippen LogP contribution in [0.2, 0.25) is 0 Å². The van der Waals surface area contributed by atoms with Crippen LogP contribution in [0.25, 0.3) is 0 Å². The number of benzene rings is 2. The lowest BCUT2D eigenvalue weighted by Crippen LogP contribution is -2.46. The zero-order chi connectivity index (χ0) is 18.1. The molecule has 2 aliphatic rings. The maximum Gasteiger partial charge on any atom is 0.321 e. The number of nitrogens with zero attached hydrogens (tertiary/aromatic N) is 1. The summed E-state index contributed by atoms with van der Waals surface area (Å²) in [4.78, 5) is 26.3. The van der Waals surface area contributed by atoms with E-state index in [2.05, 4.69) is 10.6 Å². The van der Waals surface area contributed by atoms with E-state index in [9.17, 15) is 14.0 Å². The first-order chi connectivity index (χ1) is 12.6. The minimum Gasteiger partial charge on any atom is -0.336 e.